The third kappa shape index (κ3) is 2.30. The van der Waals surface area contributed by atoms with E-state index in [1.807, 2.05) is 6.92 Å². The molecule has 0 amide bonds. The summed E-state index contributed by atoms with van der Waals surface area (Å²) in [7, 11) is 0. The largest absolute Gasteiger partial charge is 0.261 e. The second kappa shape index (κ2) is 4.35. The molecule has 2 aromatic heterocycles. The van der Waals surface area contributed by atoms with E-state index in [9.17, 15) is 0 Å². The normalized spacial score (nSPS) is 12.7. The Morgan fingerprint density at radius 2 is 2.27 bits per heavy atom. The van der Waals surface area contributed by atoms with E-state index in [1.165, 1.54) is 0 Å². The van der Waals surface area contributed by atoms with Crippen LogP contribution >= 0.6 is 11.6 Å². The van der Waals surface area contributed by atoms with E-state index < -0.39 is 0 Å². The van der Waals surface area contributed by atoms with Gasteiger partial charge in [0.25, 0.3) is 0 Å². The summed E-state index contributed by atoms with van der Waals surface area (Å²) in [6, 6.07) is 0. The van der Waals surface area contributed by atoms with Crippen molar-refractivity contribution >= 4 is 11.6 Å². The zero-order valence-corrected chi connectivity index (χ0v) is 8.96. The molecule has 0 N–H and O–H groups in total. The predicted molar refractivity (Wildman–Crippen MR) is 55.4 cm³/mol. The van der Waals surface area contributed by atoms with Crippen LogP contribution in [-0.4, -0.2) is 25.0 Å². The van der Waals surface area contributed by atoms with Crippen LogP contribution in [0.4, 0.5) is 0 Å². The van der Waals surface area contributed by atoms with Crippen molar-refractivity contribution in [2.24, 2.45) is 0 Å². The second-order valence-corrected chi connectivity index (χ2v) is 3.78. The highest BCUT2D eigenvalue weighted by Gasteiger charge is 2.09. The van der Waals surface area contributed by atoms with Crippen LogP contribution in [0.2, 0.25) is 0 Å². The molecule has 15 heavy (non-hydrogen) atoms. The van der Waals surface area contributed by atoms with Gasteiger partial charge in [-0.15, -0.1) is 16.7 Å². The number of halogens is 1. The van der Waals surface area contributed by atoms with E-state index >= 15 is 0 Å². The third-order valence-electron chi connectivity index (χ3n) is 1.98. The van der Waals surface area contributed by atoms with Gasteiger partial charge >= 0.3 is 0 Å². The topological polar surface area (TPSA) is 56.5 Å². The number of nitrogens with zero attached hydrogens (tertiary/aromatic N) is 5. The lowest BCUT2D eigenvalue weighted by atomic mass is 10.3. The Kier molecular flexibility index (Phi) is 2.91. The van der Waals surface area contributed by atoms with Gasteiger partial charge in [0.05, 0.1) is 35.7 Å². The molecule has 0 aliphatic carbocycles. The number of aromatic nitrogens is 5. The molecule has 5 nitrogen and oxygen atoms in total. The number of rotatable bonds is 3. The maximum Gasteiger partial charge on any atom is 0.0868 e. The molecule has 0 spiro atoms. The van der Waals surface area contributed by atoms with Gasteiger partial charge in [-0.1, -0.05) is 5.21 Å². The lowest BCUT2D eigenvalue weighted by Gasteiger charge is -2.06. The molecule has 0 aromatic carbocycles. The van der Waals surface area contributed by atoms with Gasteiger partial charge in [-0.25, -0.2) is 4.68 Å². The zero-order chi connectivity index (χ0) is 10.7. The molecule has 2 heterocycles. The molecule has 0 saturated carbocycles. The highest BCUT2D eigenvalue weighted by atomic mass is 35.5. The summed E-state index contributed by atoms with van der Waals surface area (Å²) in [5, 5.41) is 7.65. The van der Waals surface area contributed by atoms with Gasteiger partial charge in [0.2, 0.25) is 0 Å². The van der Waals surface area contributed by atoms with Crippen molar-refractivity contribution in [1.82, 2.24) is 25.0 Å². The molecular weight excluding hydrogens is 214 g/mol. The van der Waals surface area contributed by atoms with Crippen molar-refractivity contribution in [1.29, 1.82) is 0 Å². The Bertz CT molecular complexity index is 425. The highest BCUT2D eigenvalue weighted by molar-refractivity contribution is 6.20. The van der Waals surface area contributed by atoms with Crippen molar-refractivity contribution in [2.45, 2.75) is 18.8 Å². The van der Waals surface area contributed by atoms with Crippen LogP contribution in [0.25, 0.3) is 0 Å². The Hall–Kier alpha value is -1.49. The minimum atomic E-state index is -0.114. The average molecular weight is 224 g/mol. The monoisotopic (exact) mass is 223 g/mol. The van der Waals surface area contributed by atoms with Crippen molar-refractivity contribution < 1.29 is 0 Å². The van der Waals surface area contributed by atoms with E-state index in [4.69, 9.17) is 11.6 Å². The SMILES string of the molecule is CC(Cl)c1cnnn1Cc1cnccn1. The van der Waals surface area contributed by atoms with Crippen LogP contribution < -0.4 is 0 Å². The van der Waals surface area contributed by atoms with Gasteiger partial charge in [-0.2, -0.15) is 0 Å². The van der Waals surface area contributed by atoms with Crippen LogP contribution in [0.1, 0.15) is 23.7 Å². The number of hydrogen-bond acceptors (Lipinski definition) is 4. The average Bonchev–Trinajstić information content (AvgIpc) is 2.67. The van der Waals surface area contributed by atoms with Crippen LogP contribution in [-0.2, 0) is 6.54 Å². The summed E-state index contributed by atoms with van der Waals surface area (Å²) in [6.07, 6.45) is 6.64. The number of alkyl halides is 1. The Balaban J connectivity index is 2.21. The first-order valence-corrected chi connectivity index (χ1v) is 4.98. The van der Waals surface area contributed by atoms with Crippen molar-refractivity contribution in [2.75, 3.05) is 0 Å². The zero-order valence-electron chi connectivity index (χ0n) is 8.21. The van der Waals surface area contributed by atoms with Gasteiger partial charge in [0.15, 0.2) is 0 Å². The molecule has 0 aliphatic heterocycles. The van der Waals surface area contributed by atoms with Crippen LogP contribution in [0, 0.1) is 0 Å². The minimum Gasteiger partial charge on any atom is -0.261 e. The Labute approximate surface area is 92.1 Å². The lowest BCUT2D eigenvalue weighted by molar-refractivity contribution is 0.607. The third-order valence-corrected chi connectivity index (χ3v) is 2.21. The highest BCUT2D eigenvalue weighted by Crippen LogP contribution is 2.17. The van der Waals surface area contributed by atoms with E-state index in [-0.39, 0.29) is 5.38 Å². The molecule has 0 radical (unpaired) electrons. The van der Waals surface area contributed by atoms with Gasteiger partial charge in [-0.3, -0.25) is 9.97 Å². The minimum absolute atomic E-state index is 0.114. The molecule has 1 unspecified atom stereocenters. The molecule has 78 valence electrons. The first-order valence-electron chi connectivity index (χ1n) is 4.54. The lowest BCUT2D eigenvalue weighted by Crippen LogP contribution is -2.08. The molecule has 0 saturated heterocycles. The van der Waals surface area contributed by atoms with Crippen molar-refractivity contribution in [3.63, 3.8) is 0 Å². The molecule has 6 heteroatoms. The summed E-state index contributed by atoms with van der Waals surface area (Å²) in [5.41, 5.74) is 1.71. The van der Waals surface area contributed by atoms with Crippen LogP contribution in [0.3, 0.4) is 0 Å². The molecule has 0 aliphatic rings. The van der Waals surface area contributed by atoms with Gasteiger partial charge in [0, 0.05) is 12.4 Å². The molecule has 0 fully saturated rings. The summed E-state index contributed by atoms with van der Waals surface area (Å²) in [6.45, 7) is 2.42. The predicted octanol–water partition coefficient (Wildman–Crippen LogP) is 1.42. The van der Waals surface area contributed by atoms with E-state index in [0.717, 1.165) is 11.4 Å². The van der Waals surface area contributed by atoms with Gasteiger partial charge in [0.1, 0.15) is 0 Å². The Morgan fingerprint density at radius 3 is 2.93 bits per heavy atom. The Morgan fingerprint density at radius 1 is 1.40 bits per heavy atom. The van der Waals surface area contributed by atoms with Crippen molar-refractivity contribution in [3.8, 4) is 0 Å². The first kappa shape index (κ1) is 10.0. The molecule has 1 atom stereocenters. The first-order chi connectivity index (χ1) is 7.27. The number of hydrogen-bond donors (Lipinski definition) is 0. The van der Waals surface area contributed by atoms with Gasteiger partial charge < -0.3 is 0 Å². The maximum absolute atomic E-state index is 5.98. The fourth-order valence-electron chi connectivity index (χ4n) is 1.26. The molecule has 2 aromatic rings. The van der Waals surface area contributed by atoms with Crippen LogP contribution in [0.15, 0.2) is 24.8 Å². The molecule has 2 rings (SSSR count). The second-order valence-electron chi connectivity index (χ2n) is 3.13. The molecular formula is C9H10ClN5. The fourth-order valence-corrected chi connectivity index (χ4v) is 1.43. The summed E-state index contributed by atoms with van der Waals surface area (Å²) in [5.74, 6) is 0. The summed E-state index contributed by atoms with van der Waals surface area (Å²) < 4.78 is 1.72. The fraction of sp³-hybridized carbons (Fsp3) is 0.333. The van der Waals surface area contributed by atoms with Crippen LogP contribution in [0.5, 0.6) is 0 Å². The maximum atomic E-state index is 5.98. The standard InChI is InChI=1S/C9H10ClN5/c1-7(10)9-5-13-14-15(9)6-8-4-11-2-3-12-8/h2-5,7H,6H2,1H3. The van der Waals surface area contributed by atoms with E-state index in [0.29, 0.717) is 6.54 Å². The smallest absolute Gasteiger partial charge is 0.0868 e. The quantitative estimate of drug-likeness (QED) is 0.739. The van der Waals surface area contributed by atoms with E-state index in [1.54, 1.807) is 29.5 Å². The van der Waals surface area contributed by atoms with Crippen molar-refractivity contribution in [3.05, 3.63) is 36.2 Å². The molecule has 0 bridgehead atoms. The van der Waals surface area contributed by atoms with E-state index in [2.05, 4.69) is 20.3 Å². The summed E-state index contributed by atoms with van der Waals surface area (Å²) >= 11 is 5.98. The van der Waals surface area contributed by atoms with Gasteiger partial charge in [-0.05, 0) is 6.92 Å². The summed E-state index contributed by atoms with van der Waals surface area (Å²) in [4.78, 5) is 8.14.